The van der Waals surface area contributed by atoms with Crippen LogP contribution in [0.3, 0.4) is 0 Å². The van der Waals surface area contributed by atoms with E-state index in [2.05, 4.69) is 4.99 Å². The molecule has 126 valence electrons. The zero-order valence-corrected chi connectivity index (χ0v) is 12.5. The Morgan fingerprint density at radius 3 is 1.70 bits per heavy atom. The number of rotatable bonds is 4. The van der Waals surface area contributed by atoms with Crippen LogP contribution in [0.5, 0.6) is 0 Å². The number of nitro benzene ring substituents is 2. The SMILES string of the molecule is O=[N+]([O-])c1cc(C(F)(F)F)cc([N+](=O)[O-])c1N=C(Cl)C(F)(Cl)Cl. The number of hydrogen-bond acceptors (Lipinski definition) is 5. The third-order valence-electron chi connectivity index (χ3n) is 2.23. The summed E-state index contributed by atoms with van der Waals surface area (Å²) in [5, 5.41) is 20.3. The van der Waals surface area contributed by atoms with Crippen LogP contribution in [-0.2, 0) is 6.18 Å². The average Bonchev–Trinajstić information content (AvgIpc) is 2.35. The van der Waals surface area contributed by atoms with Crippen LogP contribution < -0.4 is 0 Å². The molecule has 0 heterocycles. The highest BCUT2D eigenvalue weighted by atomic mass is 35.5. The van der Waals surface area contributed by atoms with Gasteiger partial charge in [-0.3, -0.25) is 20.2 Å². The molecule has 0 N–H and O–H groups in total. The summed E-state index contributed by atoms with van der Waals surface area (Å²) in [4.78, 5) is 21.9. The van der Waals surface area contributed by atoms with Crippen molar-refractivity contribution in [2.45, 2.75) is 10.8 Å². The predicted molar refractivity (Wildman–Crippen MR) is 73.2 cm³/mol. The Labute approximate surface area is 138 Å². The van der Waals surface area contributed by atoms with E-state index in [1.165, 1.54) is 0 Å². The standard InChI is InChI=1S/C9H2Cl3F4N3O4/c10-7(8(11,12)13)17-6-4(18(20)21)1-3(9(14,15)16)2-5(6)19(22)23/h1-2H. The number of nitrogens with zero attached hydrogens (tertiary/aromatic N) is 3. The Kier molecular flexibility index (Phi) is 5.39. The van der Waals surface area contributed by atoms with Crippen molar-refractivity contribution in [2.24, 2.45) is 4.99 Å². The summed E-state index contributed by atoms with van der Waals surface area (Å²) in [6, 6.07) is -0.0310. The van der Waals surface area contributed by atoms with Gasteiger partial charge >= 0.3 is 22.1 Å². The predicted octanol–water partition coefficient (Wildman–Crippen LogP) is 4.89. The first-order chi connectivity index (χ1) is 10.2. The van der Waals surface area contributed by atoms with E-state index < -0.39 is 48.4 Å². The van der Waals surface area contributed by atoms with Gasteiger partial charge in [0.2, 0.25) is 5.69 Å². The first-order valence-corrected chi connectivity index (χ1v) is 6.24. The number of benzene rings is 1. The summed E-state index contributed by atoms with van der Waals surface area (Å²) in [7, 11) is 0. The molecule has 0 fully saturated rings. The van der Waals surface area contributed by atoms with E-state index in [1.54, 1.807) is 0 Å². The van der Waals surface area contributed by atoms with Gasteiger partial charge < -0.3 is 0 Å². The average molecular weight is 398 g/mol. The fraction of sp³-hybridized carbons (Fsp3) is 0.222. The molecule has 0 spiro atoms. The molecule has 0 aromatic heterocycles. The van der Waals surface area contributed by atoms with Crippen molar-refractivity contribution in [3.05, 3.63) is 37.9 Å². The number of halogens is 7. The Hall–Kier alpha value is -1.72. The lowest BCUT2D eigenvalue weighted by atomic mass is 10.1. The van der Waals surface area contributed by atoms with Gasteiger partial charge in [-0.1, -0.05) is 34.8 Å². The topological polar surface area (TPSA) is 98.6 Å². The van der Waals surface area contributed by atoms with E-state index >= 15 is 0 Å². The van der Waals surface area contributed by atoms with Crippen molar-refractivity contribution in [3.8, 4) is 0 Å². The maximum absolute atomic E-state index is 13.2. The molecule has 14 heteroatoms. The normalized spacial score (nSPS) is 13.1. The molecule has 0 unspecified atom stereocenters. The molecule has 1 aromatic rings. The molecule has 0 aliphatic heterocycles. The zero-order chi connectivity index (χ0) is 18.2. The van der Waals surface area contributed by atoms with Crippen LogP contribution in [0.4, 0.5) is 34.6 Å². The quantitative estimate of drug-likeness (QED) is 0.237. The Balaban J connectivity index is 3.81. The van der Waals surface area contributed by atoms with Gasteiger partial charge in [-0.15, -0.1) is 0 Å². The minimum Gasteiger partial charge on any atom is -0.258 e. The molecule has 1 rings (SSSR count). The van der Waals surface area contributed by atoms with Crippen molar-refractivity contribution in [1.82, 2.24) is 0 Å². The van der Waals surface area contributed by atoms with Crippen molar-refractivity contribution in [2.75, 3.05) is 0 Å². The van der Waals surface area contributed by atoms with Gasteiger partial charge in [0.25, 0.3) is 0 Å². The van der Waals surface area contributed by atoms with Crippen LogP contribution >= 0.6 is 34.8 Å². The molecule has 1 aromatic carbocycles. The second-order valence-electron chi connectivity index (χ2n) is 3.78. The molecule has 0 bridgehead atoms. The van der Waals surface area contributed by atoms with Crippen LogP contribution in [0.25, 0.3) is 0 Å². The van der Waals surface area contributed by atoms with Gasteiger partial charge in [-0.05, 0) is 0 Å². The third kappa shape index (κ3) is 4.62. The minimum absolute atomic E-state index is 0.0155. The summed E-state index contributed by atoms with van der Waals surface area (Å²) in [5.74, 6) is 0. The molecule has 0 saturated heterocycles. The summed E-state index contributed by atoms with van der Waals surface area (Å²) in [5.41, 5.74) is -5.76. The molecule has 0 aliphatic carbocycles. The number of aliphatic imine (C=N–C) groups is 1. The molecule has 0 radical (unpaired) electrons. The smallest absolute Gasteiger partial charge is 0.258 e. The number of nitro groups is 2. The highest BCUT2D eigenvalue weighted by Gasteiger charge is 2.39. The van der Waals surface area contributed by atoms with Gasteiger partial charge in [0, 0.05) is 12.1 Å². The summed E-state index contributed by atoms with van der Waals surface area (Å²) in [6.45, 7) is 0. The number of hydrogen-bond donors (Lipinski definition) is 0. The molecule has 0 amide bonds. The van der Waals surface area contributed by atoms with Crippen molar-refractivity contribution >= 4 is 57.0 Å². The van der Waals surface area contributed by atoms with E-state index in [0.29, 0.717) is 0 Å². The lowest BCUT2D eigenvalue weighted by Gasteiger charge is -2.09. The van der Waals surface area contributed by atoms with E-state index in [1.807, 2.05) is 0 Å². The number of alkyl halides is 6. The van der Waals surface area contributed by atoms with Gasteiger partial charge in [0.05, 0.1) is 15.4 Å². The summed E-state index contributed by atoms with van der Waals surface area (Å²) >= 11 is 15.1. The van der Waals surface area contributed by atoms with E-state index in [-0.39, 0.29) is 12.1 Å². The Bertz CT molecular complexity index is 667. The second-order valence-corrected chi connectivity index (χ2v) is 5.37. The minimum atomic E-state index is -5.11. The lowest BCUT2D eigenvalue weighted by Crippen LogP contribution is -2.14. The first kappa shape index (κ1) is 19.3. The van der Waals surface area contributed by atoms with Crippen LogP contribution in [0.2, 0.25) is 0 Å². The molecule has 0 saturated carbocycles. The Morgan fingerprint density at radius 1 is 1.04 bits per heavy atom. The Morgan fingerprint density at radius 2 is 1.43 bits per heavy atom. The van der Waals surface area contributed by atoms with Crippen molar-refractivity contribution in [1.29, 1.82) is 0 Å². The first-order valence-electron chi connectivity index (χ1n) is 5.10. The third-order valence-corrected chi connectivity index (χ3v) is 3.13. The molecule has 0 atom stereocenters. The molecule has 0 aliphatic rings. The largest absolute Gasteiger partial charge is 0.416 e. The fourth-order valence-corrected chi connectivity index (χ4v) is 1.49. The highest BCUT2D eigenvalue weighted by Crippen LogP contribution is 2.44. The molecular formula is C9H2Cl3F4N3O4. The summed E-state index contributed by atoms with van der Waals surface area (Å²) < 4.78 is 47.7. The monoisotopic (exact) mass is 397 g/mol. The van der Waals surface area contributed by atoms with E-state index in [9.17, 15) is 37.8 Å². The van der Waals surface area contributed by atoms with Crippen LogP contribution in [0.1, 0.15) is 5.56 Å². The van der Waals surface area contributed by atoms with Crippen molar-refractivity contribution < 1.29 is 27.4 Å². The maximum atomic E-state index is 13.2. The van der Waals surface area contributed by atoms with E-state index in [0.717, 1.165) is 0 Å². The van der Waals surface area contributed by atoms with E-state index in [4.69, 9.17) is 34.8 Å². The van der Waals surface area contributed by atoms with Gasteiger partial charge in [0.1, 0.15) is 0 Å². The summed E-state index contributed by atoms with van der Waals surface area (Å²) in [6.07, 6.45) is -5.11. The molecule has 23 heavy (non-hydrogen) atoms. The highest BCUT2D eigenvalue weighted by molar-refractivity contribution is 6.79. The maximum Gasteiger partial charge on any atom is 0.416 e. The van der Waals surface area contributed by atoms with Gasteiger partial charge in [0.15, 0.2) is 5.17 Å². The molecular weight excluding hydrogens is 396 g/mol. The van der Waals surface area contributed by atoms with Gasteiger partial charge in [-0.2, -0.15) is 17.6 Å². The zero-order valence-electron chi connectivity index (χ0n) is 10.3. The van der Waals surface area contributed by atoms with Crippen molar-refractivity contribution in [3.63, 3.8) is 0 Å². The van der Waals surface area contributed by atoms with Gasteiger partial charge in [-0.25, -0.2) is 4.99 Å². The second kappa shape index (κ2) is 6.42. The molecule has 7 nitrogen and oxygen atoms in total. The lowest BCUT2D eigenvalue weighted by molar-refractivity contribution is -0.392. The van der Waals surface area contributed by atoms with Crippen LogP contribution in [0.15, 0.2) is 17.1 Å². The van der Waals surface area contributed by atoms with Crippen LogP contribution in [0, 0.1) is 20.2 Å². The van der Waals surface area contributed by atoms with Crippen LogP contribution in [-0.4, -0.2) is 19.6 Å². The fourth-order valence-electron chi connectivity index (χ4n) is 1.32.